The number of thioether (sulfide) groups is 1. The Morgan fingerprint density at radius 3 is 2.70 bits per heavy atom. The number of benzene rings is 1. The summed E-state index contributed by atoms with van der Waals surface area (Å²) < 4.78 is 0. The van der Waals surface area contributed by atoms with E-state index in [0.29, 0.717) is 16.2 Å². The summed E-state index contributed by atoms with van der Waals surface area (Å²) in [5, 5.41) is 11.6. The fourth-order valence-electron chi connectivity index (χ4n) is 2.74. The first-order chi connectivity index (χ1) is 9.74. The highest BCUT2D eigenvalue weighted by Crippen LogP contribution is 2.33. The van der Waals surface area contributed by atoms with Crippen molar-refractivity contribution in [2.24, 2.45) is 0 Å². The van der Waals surface area contributed by atoms with Crippen LogP contribution in [0.25, 0.3) is 10.9 Å². The smallest absolute Gasteiger partial charge is 0.336 e. The standard InChI is InChI=1S/C16H17NO2S/c18-16(19)13-7-4-8-14-12(13)9-10-15(17-14)20-11-5-2-1-3-6-11/h4,7-11H,1-3,5-6H2,(H,18,19). The maximum absolute atomic E-state index is 11.2. The molecule has 1 aromatic carbocycles. The number of aromatic nitrogens is 1. The molecule has 0 amide bonds. The van der Waals surface area contributed by atoms with Gasteiger partial charge in [-0.25, -0.2) is 9.78 Å². The molecule has 1 aromatic heterocycles. The maximum Gasteiger partial charge on any atom is 0.336 e. The molecule has 1 fully saturated rings. The van der Waals surface area contributed by atoms with Gasteiger partial charge in [-0.05, 0) is 37.1 Å². The van der Waals surface area contributed by atoms with Crippen LogP contribution in [-0.4, -0.2) is 21.3 Å². The van der Waals surface area contributed by atoms with Crippen molar-refractivity contribution >= 4 is 28.6 Å². The van der Waals surface area contributed by atoms with Gasteiger partial charge in [-0.1, -0.05) is 25.3 Å². The molecule has 3 rings (SSSR count). The van der Waals surface area contributed by atoms with Crippen LogP contribution in [0.1, 0.15) is 42.5 Å². The van der Waals surface area contributed by atoms with Gasteiger partial charge in [0.2, 0.25) is 0 Å². The van der Waals surface area contributed by atoms with Crippen LogP contribution in [0.5, 0.6) is 0 Å². The van der Waals surface area contributed by atoms with Crippen LogP contribution in [0.15, 0.2) is 35.4 Å². The van der Waals surface area contributed by atoms with Gasteiger partial charge in [0.15, 0.2) is 0 Å². The van der Waals surface area contributed by atoms with E-state index < -0.39 is 5.97 Å². The number of rotatable bonds is 3. The molecule has 1 N–H and O–H groups in total. The first-order valence-electron chi connectivity index (χ1n) is 7.04. The number of hydrogen-bond acceptors (Lipinski definition) is 3. The van der Waals surface area contributed by atoms with Gasteiger partial charge in [0.1, 0.15) is 0 Å². The monoisotopic (exact) mass is 287 g/mol. The topological polar surface area (TPSA) is 50.2 Å². The van der Waals surface area contributed by atoms with E-state index >= 15 is 0 Å². The van der Waals surface area contributed by atoms with Crippen molar-refractivity contribution in [3.8, 4) is 0 Å². The predicted molar refractivity (Wildman–Crippen MR) is 81.4 cm³/mol. The largest absolute Gasteiger partial charge is 0.478 e. The van der Waals surface area contributed by atoms with Crippen LogP contribution in [-0.2, 0) is 0 Å². The van der Waals surface area contributed by atoms with Gasteiger partial charge in [0, 0.05) is 10.6 Å². The van der Waals surface area contributed by atoms with E-state index in [2.05, 4.69) is 4.98 Å². The van der Waals surface area contributed by atoms with Crippen LogP contribution in [0, 0.1) is 0 Å². The summed E-state index contributed by atoms with van der Waals surface area (Å²) in [5.74, 6) is -0.898. The SMILES string of the molecule is O=C(O)c1cccc2nc(SC3CCCCC3)ccc12. The van der Waals surface area contributed by atoms with Crippen molar-refractivity contribution in [3.05, 3.63) is 35.9 Å². The Labute approximate surface area is 122 Å². The molecule has 4 heteroatoms. The molecule has 1 heterocycles. The Hall–Kier alpha value is -1.55. The second-order valence-electron chi connectivity index (χ2n) is 5.20. The molecule has 1 aliphatic rings. The van der Waals surface area contributed by atoms with Gasteiger partial charge in [-0.15, -0.1) is 11.8 Å². The Kier molecular flexibility index (Phi) is 3.92. The normalized spacial score (nSPS) is 16.4. The maximum atomic E-state index is 11.2. The molecule has 0 spiro atoms. The number of hydrogen-bond donors (Lipinski definition) is 1. The molecule has 1 aliphatic carbocycles. The minimum Gasteiger partial charge on any atom is -0.478 e. The Morgan fingerprint density at radius 1 is 1.15 bits per heavy atom. The number of carboxylic acid groups (broad SMARTS) is 1. The summed E-state index contributed by atoms with van der Waals surface area (Å²) in [6, 6.07) is 9.10. The molecule has 0 bridgehead atoms. The zero-order chi connectivity index (χ0) is 13.9. The number of aromatic carboxylic acids is 1. The van der Waals surface area contributed by atoms with Gasteiger partial charge in [0.05, 0.1) is 16.1 Å². The average molecular weight is 287 g/mol. The third-order valence-electron chi connectivity index (χ3n) is 3.78. The zero-order valence-electron chi connectivity index (χ0n) is 11.2. The second-order valence-corrected chi connectivity index (χ2v) is 6.53. The molecule has 0 aliphatic heterocycles. The first kappa shape index (κ1) is 13.4. The molecule has 1 saturated carbocycles. The van der Waals surface area contributed by atoms with Gasteiger partial charge >= 0.3 is 5.97 Å². The molecule has 0 radical (unpaired) electrons. The Bertz CT molecular complexity index is 635. The fraction of sp³-hybridized carbons (Fsp3) is 0.375. The highest BCUT2D eigenvalue weighted by atomic mass is 32.2. The first-order valence-corrected chi connectivity index (χ1v) is 7.92. The van der Waals surface area contributed by atoms with E-state index in [1.54, 1.807) is 12.1 Å². The van der Waals surface area contributed by atoms with E-state index in [0.717, 1.165) is 10.5 Å². The van der Waals surface area contributed by atoms with Crippen LogP contribution in [0.4, 0.5) is 0 Å². The molecule has 104 valence electrons. The number of fused-ring (bicyclic) bond motifs is 1. The minimum atomic E-state index is -0.898. The van der Waals surface area contributed by atoms with Crippen molar-refractivity contribution in [3.63, 3.8) is 0 Å². The van der Waals surface area contributed by atoms with E-state index in [1.807, 2.05) is 30.0 Å². The van der Waals surface area contributed by atoms with Crippen molar-refractivity contribution in [2.75, 3.05) is 0 Å². The van der Waals surface area contributed by atoms with E-state index in [9.17, 15) is 9.90 Å². The Morgan fingerprint density at radius 2 is 1.95 bits per heavy atom. The van der Waals surface area contributed by atoms with E-state index in [1.165, 1.54) is 32.1 Å². The molecule has 0 saturated heterocycles. The van der Waals surface area contributed by atoms with Crippen LogP contribution >= 0.6 is 11.8 Å². The average Bonchev–Trinajstić information content (AvgIpc) is 2.47. The lowest BCUT2D eigenvalue weighted by Crippen LogP contribution is -2.08. The third-order valence-corrected chi connectivity index (χ3v) is 5.05. The van der Waals surface area contributed by atoms with E-state index in [4.69, 9.17) is 0 Å². The van der Waals surface area contributed by atoms with Gasteiger partial charge in [-0.3, -0.25) is 0 Å². The number of carbonyl (C=O) groups is 1. The molecule has 3 nitrogen and oxygen atoms in total. The molecule has 0 atom stereocenters. The van der Waals surface area contributed by atoms with Gasteiger partial charge in [0.25, 0.3) is 0 Å². The highest BCUT2D eigenvalue weighted by Gasteiger charge is 2.16. The van der Waals surface area contributed by atoms with E-state index in [-0.39, 0.29) is 0 Å². The third kappa shape index (κ3) is 2.80. The summed E-state index contributed by atoms with van der Waals surface area (Å²) in [7, 11) is 0. The van der Waals surface area contributed by atoms with Crippen LogP contribution < -0.4 is 0 Å². The quantitative estimate of drug-likeness (QED) is 0.911. The minimum absolute atomic E-state index is 0.323. The van der Waals surface area contributed by atoms with Crippen molar-refractivity contribution in [1.82, 2.24) is 4.98 Å². The summed E-state index contributed by atoms with van der Waals surface area (Å²) in [6.45, 7) is 0. The molecule has 2 aromatic rings. The number of carboxylic acids is 1. The fourth-order valence-corrected chi connectivity index (χ4v) is 3.95. The van der Waals surface area contributed by atoms with Crippen LogP contribution in [0.2, 0.25) is 0 Å². The number of nitrogens with zero attached hydrogens (tertiary/aromatic N) is 1. The summed E-state index contributed by atoms with van der Waals surface area (Å²) in [5.41, 5.74) is 1.09. The Balaban J connectivity index is 1.89. The lowest BCUT2D eigenvalue weighted by Gasteiger charge is -2.20. The zero-order valence-corrected chi connectivity index (χ0v) is 12.0. The van der Waals surface area contributed by atoms with Crippen molar-refractivity contribution < 1.29 is 9.90 Å². The number of pyridine rings is 1. The predicted octanol–water partition coefficient (Wildman–Crippen LogP) is 4.36. The van der Waals surface area contributed by atoms with Gasteiger partial charge < -0.3 is 5.11 Å². The molecular weight excluding hydrogens is 270 g/mol. The molecule has 0 unspecified atom stereocenters. The summed E-state index contributed by atoms with van der Waals surface area (Å²) in [6.07, 6.45) is 6.51. The van der Waals surface area contributed by atoms with Crippen molar-refractivity contribution in [2.45, 2.75) is 42.4 Å². The lowest BCUT2D eigenvalue weighted by molar-refractivity contribution is 0.0699. The van der Waals surface area contributed by atoms with Gasteiger partial charge in [-0.2, -0.15) is 0 Å². The van der Waals surface area contributed by atoms with Crippen molar-refractivity contribution in [1.29, 1.82) is 0 Å². The second kappa shape index (κ2) is 5.83. The highest BCUT2D eigenvalue weighted by molar-refractivity contribution is 7.99. The molecule has 20 heavy (non-hydrogen) atoms. The van der Waals surface area contributed by atoms with Crippen LogP contribution in [0.3, 0.4) is 0 Å². The molecular formula is C16H17NO2S. The summed E-state index contributed by atoms with van der Waals surface area (Å²) >= 11 is 1.84. The summed E-state index contributed by atoms with van der Waals surface area (Å²) in [4.78, 5) is 15.8. The lowest BCUT2D eigenvalue weighted by atomic mass is 10.0.